The van der Waals surface area contributed by atoms with Gasteiger partial charge in [0, 0.05) is 17.3 Å². The molecule has 0 aromatic carbocycles. The lowest BCUT2D eigenvalue weighted by atomic mass is 9.98. The van der Waals surface area contributed by atoms with Crippen LogP contribution in [0.4, 0.5) is 0 Å². The van der Waals surface area contributed by atoms with Gasteiger partial charge in [0.05, 0.1) is 0 Å². The monoisotopic (exact) mass is 301 g/mol. The molecular weight excluding hydrogens is 278 g/mol. The largest absolute Gasteiger partial charge is 0.350 e. The molecule has 0 aromatic heterocycles. The van der Waals surface area contributed by atoms with Crippen LogP contribution in [0.25, 0.3) is 0 Å². The zero-order chi connectivity index (χ0) is 12.1. The lowest BCUT2D eigenvalue weighted by Gasteiger charge is -2.28. The molecule has 2 nitrogen and oxygen atoms in total. The Kier molecular flexibility index (Phi) is 4.89. The van der Waals surface area contributed by atoms with Gasteiger partial charge in [-0.1, -0.05) is 54.5 Å². The van der Waals surface area contributed by atoms with Crippen molar-refractivity contribution in [2.45, 2.75) is 69.7 Å². The quantitative estimate of drug-likeness (QED) is 0.769. The van der Waals surface area contributed by atoms with Crippen LogP contribution in [0.1, 0.15) is 64.2 Å². The Balaban J connectivity index is 1.72. The maximum Gasteiger partial charge on any atom is 0.220 e. The maximum absolute atomic E-state index is 12.0. The van der Waals surface area contributed by atoms with Crippen LogP contribution >= 0.6 is 15.9 Å². The van der Waals surface area contributed by atoms with Gasteiger partial charge in [0.15, 0.2) is 0 Å². The zero-order valence-corrected chi connectivity index (χ0v) is 12.2. The second-order valence-corrected chi connectivity index (χ2v) is 6.42. The summed E-state index contributed by atoms with van der Waals surface area (Å²) in [7, 11) is 0. The van der Waals surface area contributed by atoms with Gasteiger partial charge in [0.2, 0.25) is 5.91 Å². The van der Waals surface area contributed by atoms with E-state index in [1.165, 1.54) is 38.5 Å². The SMILES string of the molecule is O=C(CCC1CCCC1)NC1(CBr)CCCC1. The smallest absolute Gasteiger partial charge is 0.220 e. The fourth-order valence-corrected chi connectivity index (χ4v) is 4.04. The summed E-state index contributed by atoms with van der Waals surface area (Å²) in [5.74, 6) is 1.10. The van der Waals surface area contributed by atoms with Crippen molar-refractivity contribution in [3.8, 4) is 0 Å². The highest BCUT2D eigenvalue weighted by atomic mass is 79.9. The molecule has 0 saturated heterocycles. The normalized spacial score (nSPS) is 24.1. The summed E-state index contributed by atoms with van der Waals surface area (Å²) in [4.78, 5) is 12.0. The first-order valence-electron chi connectivity index (χ1n) is 7.11. The predicted molar refractivity (Wildman–Crippen MR) is 74.3 cm³/mol. The number of alkyl halides is 1. The Morgan fingerprint density at radius 1 is 1.18 bits per heavy atom. The molecule has 2 saturated carbocycles. The fraction of sp³-hybridized carbons (Fsp3) is 0.929. The van der Waals surface area contributed by atoms with E-state index >= 15 is 0 Å². The topological polar surface area (TPSA) is 29.1 Å². The van der Waals surface area contributed by atoms with Gasteiger partial charge < -0.3 is 5.32 Å². The molecule has 2 aliphatic rings. The first-order chi connectivity index (χ1) is 8.24. The van der Waals surface area contributed by atoms with Gasteiger partial charge in [-0.25, -0.2) is 0 Å². The number of carbonyl (C=O) groups excluding carboxylic acids is 1. The van der Waals surface area contributed by atoms with Gasteiger partial charge in [-0.15, -0.1) is 0 Å². The molecule has 0 atom stereocenters. The van der Waals surface area contributed by atoms with Gasteiger partial charge in [0.25, 0.3) is 0 Å². The molecule has 0 radical (unpaired) electrons. The summed E-state index contributed by atoms with van der Waals surface area (Å²) >= 11 is 3.56. The summed E-state index contributed by atoms with van der Waals surface area (Å²) in [6, 6.07) is 0. The molecule has 17 heavy (non-hydrogen) atoms. The molecule has 2 aliphatic carbocycles. The molecule has 3 heteroatoms. The van der Waals surface area contributed by atoms with Crippen molar-refractivity contribution in [1.29, 1.82) is 0 Å². The third kappa shape index (κ3) is 3.70. The lowest BCUT2D eigenvalue weighted by molar-refractivity contribution is -0.123. The van der Waals surface area contributed by atoms with Crippen LogP contribution in [0.2, 0.25) is 0 Å². The third-order valence-electron chi connectivity index (χ3n) is 4.48. The van der Waals surface area contributed by atoms with Gasteiger partial charge in [-0.2, -0.15) is 0 Å². The summed E-state index contributed by atoms with van der Waals surface area (Å²) in [5.41, 5.74) is 0.0762. The highest BCUT2D eigenvalue weighted by Crippen LogP contribution is 2.32. The van der Waals surface area contributed by atoms with Crippen LogP contribution in [0.5, 0.6) is 0 Å². The molecule has 0 heterocycles. The Morgan fingerprint density at radius 3 is 2.41 bits per heavy atom. The molecule has 0 unspecified atom stereocenters. The average molecular weight is 302 g/mol. The van der Waals surface area contributed by atoms with Crippen molar-refractivity contribution in [3.63, 3.8) is 0 Å². The van der Waals surface area contributed by atoms with E-state index in [4.69, 9.17) is 0 Å². The van der Waals surface area contributed by atoms with Crippen molar-refractivity contribution in [1.82, 2.24) is 5.32 Å². The van der Waals surface area contributed by atoms with E-state index in [-0.39, 0.29) is 11.4 Å². The number of hydrogen-bond donors (Lipinski definition) is 1. The molecule has 0 spiro atoms. The van der Waals surface area contributed by atoms with E-state index in [2.05, 4.69) is 21.2 Å². The minimum Gasteiger partial charge on any atom is -0.350 e. The molecule has 1 N–H and O–H groups in total. The van der Waals surface area contributed by atoms with E-state index in [1.54, 1.807) is 0 Å². The van der Waals surface area contributed by atoms with Crippen LogP contribution in [0.15, 0.2) is 0 Å². The molecule has 1 amide bonds. The minimum absolute atomic E-state index is 0.0762. The van der Waals surface area contributed by atoms with E-state index in [0.29, 0.717) is 0 Å². The summed E-state index contributed by atoms with van der Waals surface area (Å²) in [5, 5.41) is 4.19. The van der Waals surface area contributed by atoms with Gasteiger partial charge in [-0.05, 0) is 25.2 Å². The molecule has 0 aromatic rings. The maximum atomic E-state index is 12.0. The number of amides is 1. The number of carbonyl (C=O) groups is 1. The van der Waals surface area contributed by atoms with Crippen molar-refractivity contribution in [2.24, 2.45) is 5.92 Å². The van der Waals surface area contributed by atoms with E-state index in [9.17, 15) is 4.79 Å². The summed E-state index contributed by atoms with van der Waals surface area (Å²) in [6.45, 7) is 0. The molecule has 98 valence electrons. The minimum atomic E-state index is 0.0762. The van der Waals surface area contributed by atoms with Crippen LogP contribution in [-0.2, 0) is 4.79 Å². The number of halogens is 1. The highest BCUT2D eigenvalue weighted by Gasteiger charge is 2.34. The predicted octanol–water partition coefficient (Wildman–Crippen LogP) is 3.78. The summed E-state index contributed by atoms with van der Waals surface area (Å²) in [6.07, 6.45) is 12.1. The van der Waals surface area contributed by atoms with E-state index in [0.717, 1.165) is 36.9 Å². The number of nitrogens with one attached hydrogen (secondary N) is 1. The average Bonchev–Trinajstić information content (AvgIpc) is 2.98. The first kappa shape index (κ1) is 13.4. The Hall–Kier alpha value is -0.0500. The molecule has 2 fully saturated rings. The zero-order valence-electron chi connectivity index (χ0n) is 10.6. The van der Waals surface area contributed by atoms with Crippen molar-refractivity contribution < 1.29 is 4.79 Å². The number of hydrogen-bond acceptors (Lipinski definition) is 1. The van der Waals surface area contributed by atoms with Crippen LogP contribution in [0, 0.1) is 5.92 Å². The Bertz CT molecular complexity index is 255. The molecule has 0 bridgehead atoms. The third-order valence-corrected chi connectivity index (χ3v) is 5.55. The van der Waals surface area contributed by atoms with Crippen molar-refractivity contribution in [3.05, 3.63) is 0 Å². The first-order valence-corrected chi connectivity index (χ1v) is 8.23. The van der Waals surface area contributed by atoms with Gasteiger partial charge in [0.1, 0.15) is 0 Å². The van der Waals surface area contributed by atoms with Crippen molar-refractivity contribution in [2.75, 3.05) is 5.33 Å². The highest BCUT2D eigenvalue weighted by molar-refractivity contribution is 9.09. The van der Waals surface area contributed by atoms with Crippen LogP contribution in [0.3, 0.4) is 0 Å². The van der Waals surface area contributed by atoms with Crippen LogP contribution in [-0.4, -0.2) is 16.8 Å². The molecular formula is C14H24BrNO. The summed E-state index contributed by atoms with van der Waals surface area (Å²) < 4.78 is 0. The Labute approximate surface area is 113 Å². The molecule has 0 aliphatic heterocycles. The molecule has 2 rings (SSSR count). The van der Waals surface area contributed by atoms with Gasteiger partial charge >= 0.3 is 0 Å². The van der Waals surface area contributed by atoms with Crippen molar-refractivity contribution >= 4 is 21.8 Å². The Morgan fingerprint density at radius 2 is 1.82 bits per heavy atom. The fourth-order valence-electron chi connectivity index (χ4n) is 3.34. The van der Waals surface area contributed by atoms with E-state index < -0.39 is 0 Å². The standard InChI is InChI=1S/C14H24BrNO/c15-11-14(9-3-4-10-14)16-13(17)8-7-12-5-1-2-6-12/h12H,1-11H2,(H,16,17). The second-order valence-electron chi connectivity index (χ2n) is 5.86. The van der Waals surface area contributed by atoms with E-state index in [1.807, 2.05) is 0 Å². The van der Waals surface area contributed by atoms with Gasteiger partial charge in [-0.3, -0.25) is 4.79 Å². The van der Waals surface area contributed by atoms with Crippen LogP contribution < -0.4 is 5.32 Å². The lowest BCUT2D eigenvalue weighted by Crippen LogP contribution is -2.47. The number of rotatable bonds is 5. The second kappa shape index (κ2) is 6.21.